The Morgan fingerprint density at radius 2 is 1.77 bits per heavy atom. The molecule has 126 valence electrons. The quantitative estimate of drug-likeness (QED) is 0.440. The maximum absolute atomic E-state index is 14.0. The third kappa shape index (κ3) is 5.95. The second-order valence-electron chi connectivity index (χ2n) is 6.36. The molecule has 0 saturated heterocycles. The zero-order chi connectivity index (χ0) is 16.5. The Morgan fingerprint density at radius 1 is 1.05 bits per heavy atom. The molecule has 1 aromatic rings. The molecule has 3 heteroatoms. The van der Waals surface area contributed by atoms with Gasteiger partial charge in [0.2, 0.25) is 0 Å². The molecule has 1 aromatic carbocycles. The minimum Gasteiger partial charge on any atom is -0.204 e. The zero-order valence-corrected chi connectivity index (χ0v) is 15.4. The summed E-state index contributed by atoms with van der Waals surface area (Å²) in [6.45, 7) is 8.87. The molecule has 0 amide bonds. The van der Waals surface area contributed by atoms with Crippen LogP contribution in [0.2, 0.25) is 0 Å². The summed E-state index contributed by atoms with van der Waals surface area (Å²) in [6.07, 6.45) is 8.22. The van der Waals surface area contributed by atoms with Crippen molar-refractivity contribution in [2.45, 2.75) is 59.8 Å². The van der Waals surface area contributed by atoms with Crippen LogP contribution in [0.4, 0.5) is 8.78 Å². The van der Waals surface area contributed by atoms with Gasteiger partial charge in [-0.15, -0.1) is 0 Å². The van der Waals surface area contributed by atoms with Crippen LogP contribution >= 0.6 is 7.92 Å². The van der Waals surface area contributed by atoms with Gasteiger partial charge in [0.15, 0.2) is 11.6 Å². The molecule has 0 radical (unpaired) electrons. The van der Waals surface area contributed by atoms with Crippen LogP contribution in [0.25, 0.3) is 0 Å². The standard InChI is InChI=1S/C19H31F2P/c1-5-9-16(6-2)13-12-15(4)14-22(7-3)18-11-8-10-17(20)19(18)21/h8,10-11,15-16H,5-7,9,12-14H2,1-4H3. The summed E-state index contributed by atoms with van der Waals surface area (Å²) in [7, 11) is -0.588. The van der Waals surface area contributed by atoms with E-state index >= 15 is 0 Å². The van der Waals surface area contributed by atoms with E-state index in [9.17, 15) is 8.78 Å². The van der Waals surface area contributed by atoms with E-state index in [-0.39, 0.29) is 0 Å². The lowest BCUT2D eigenvalue weighted by molar-refractivity contribution is 0.389. The van der Waals surface area contributed by atoms with Gasteiger partial charge in [0.05, 0.1) is 0 Å². The topological polar surface area (TPSA) is 0 Å². The second-order valence-corrected chi connectivity index (χ2v) is 8.92. The maximum atomic E-state index is 14.0. The summed E-state index contributed by atoms with van der Waals surface area (Å²) >= 11 is 0. The molecular formula is C19H31F2P. The number of halogens is 2. The van der Waals surface area contributed by atoms with E-state index in [4.69, 9.17) is 0 Å². The van der Waals surface area contributed by atoms with Gasteiger partial charge >= 0.3 is 0 Å². The summed E-state index contributed by atoms with van der Waals surface area (Å²) in [5, 5.41) is 0.616. The SMILES string of the molecule is CCCC(CC)CCC(C)CP(CC)c1cccc(F)c1F. The Kier molecular flexibility index (Phi) is 9.17. The lowest BCUT2D eigenvalue weighted by Gasteiger charge is -2.23. The van der Waals surface area contributed by atoms with Crippen LogP contribution in [0.5, 0.6) is 0 Å². The molecule has 0 saturated carbocycles. The van der Waals surface area contributed by atoms with Crippen LogP contribution in [0.1, 0.15) is 59.8 Å². The van der Waals surface area contributed by atoms with Crippen molar-refractivity contribution in [3.8, 4) is 0 Å². The van der Waals surface area contributed by atoms with Crippen LogP contribution in [0, 0.1) is 23.5 Å². The van der Waals surface area contributed by atoms with Crippen molar-refractivity contribution in [1.82, 2.24) is 0 Å². The Balaban J connectivity index is 2.60. The van der Waals surface area contributed by atoms with Crippen molar-refractivity contribution in [3.63, 3.8) is 0 Å². The molecule has 0 aromatic heterocycles. The number of hydrogen-bond acceptors (Lipinski definition) is 0. The first-order chi connectivity index (χ1) is 10.5. The lowest BCUT2D eigenvalue weighted by Crippen LogP contribution is -2.15. The molecule has 3 atom stereocenters. The van der Waals surface area contributed by atoms with Gasteiger partial charge in [0.1, 0.15) is 0 Å². The zero-order valence-electron chi connectivity index (χ0n) is 14.5. The molecule has 0 fully saturated rings. The monoisotopic (exact) mass is 328 g/mol. The molecule has 3 unspecified atom stereocenters. The number of hydrogen-bond donors (Lipinski definition) is 0. The summed E-state index contributed by atoms with van der Waals surface area (Å²) in [5.41, 5.74) is 0. The van der Waals surface area contributed by atoms with Crippen molar-refractivity contribution in [3.05, 3.63) is 29.8 Å². The fourth-order valence-corrected chi connectivity index (χ4v) is 5.49. The Morgan fingerprint density at radius 3 is 2.36 bits per heavy atom. The molecule has 0 nitrogen and oxygen atoms in total. The highest BCUT2D eigenvalue weighted by atomic mass is 31.1. The van der Waals surface area contributed by atoms with Gasteiger partial charge in [0, 0.05) is 5.30 Å². The van der Waals surface area contributed by atoms with E-state index in [2.05, 4.69) is 27.7 Å². The van der Waals surface area contributed by atoms with Crippen LogP contribution in [0.3, 0.4) is 0 Å². The first-order valence-corrected chi connectivity index (χ1v) is 10.4. The summed E-state index contributed by atoms with van der Waals surface area (Å²) in [5.74, 6) is 0.0750. The van der Waals surface area contributed by atoms with Gasteiger partial charge in [-0.25, -0.2) is 8.78 Å². The largest absolute Gasteiger partial charge is 0.204 e. The molecule has 22 heavy (non-hydrogen) atoms. The molecule has 0 heterocycles. The van der Waals surface area contributed by atoms with Crippen molar-refractivity contribution in [2.24, 2.45) is 11.8 Å². The van der Waals surface area contributed by atoms with Crippen LogP contribution in [-0.4, -0.2) is 12.3 Å². The van der Waals surface area contributed by atoms with E-state index in [0.29, 0.717) is 11.2 Å². The highest BCUT2D eigenvalue weighted by molar-refractivity contribution is 7.65. The highest BCUT2D eigenvalue weighted by Gasteiger charge is 2.19. The second kappa shape index (κ2) is 10.3. The Hall–Kier alpha value is -0.490. The average molecular weight is 328 g/mol. The van der Waals surface area contributed by atoms with Crippen molar-refractivity contribution < 1.29 is 8.78 Å². The summed E-state index contributed by atoms with van der Waals surface area (Å²) in [4.78, 5) is 0. The third-order valence-electron chi connectivity index (χ3n) is 4.53. The van der Waals surface area contributed by atoms with Crippen LogP contribution in [0.15, 0.2) is 18.2 Å². The van der Waals surface area contributed by atoms with Crippen LogP contribution in [-0.2, 0) is 0 Å². The molecule has 0 spiro atoms. The number of benzene rings is 1. The minimum atomic E-state index is -0.708. The van der Waals surface area contributed by atoms with E-state index in [1.165, 1.54) is 38.2 Å². The average Bonchev–Trinajstić information content (AvgIpc) is 2.52. The number of rotatable bonds is 10. The minimum absolute atomic E-state index is 0.583. The molecule has 0 bridgehead atoms. The first kappa shape index (κ1) is 19.6. The molecule has 0 N–H and O–H groups in total. The van der Waals surface area contributed by atoms with Gasteiger partial charge in [-0.05, 0) is 30.2 Å². The Bertz CT molecular complexity index is 433. The molecule has 0 aliphatic carbocycles. The molecule has 0 aliphatic rings. The highest BCUT2D eigenvalue weighted by Crippen LogP contribution is 2.38. The van der Waals surface area contributed by atoms with E-state index in [0.717, 1.165) is 18.2 Å². The maximum Gasteiger partial charge on any atom is 0.166 e. The van der Waals surface area contributed by atoms with E-state index < -0.39 is 19.6 Å². The Labute approximate surface area is 136 Å². The first-order valence-electron chi connectivity index (χ1n) is 8.72. The summed E-state index contributed by atoms with van der Waals surface area (Å²) < 4.78 is 27.4. The fraction of sp³-hybridized carbons (Fsp3) is 0.684. The van der Waals surface area contributed by atoms with Gasteiger partial charge in [-0.1, -0.05) is 79.9 Å². The van der Waals surface area contributed by atoms with Gasteiger partial charge in [-0.3, -0.25) is 0 Å². The lowest BCUT2D eigenvalue weighted by atomic mass is 9.92. The van der Waals surface area contributed by atoms with Gasteiger partial charge in [0.25, 0.3) is 0 Å². The predicted octanol–water partition coefficient (Wildman–Crippen LogP) is 6.33. The summed E-state index contributed by atoms with van der Waals surface area (Å²) in [6, 6.07) is 4.62. The third-order valence-corrected chi connectivity index (χ3v) is 7.38. The fourth-order valence-electron chi connectivity index (χ4n) is 3.08. The molecule has 1 rings (SSSR count). The predicted molar refractivity (Wildman–Crippen MR) is 95.4 cm³/mol. The van der Waals surface area contributed by atoms with E-state index in [1.807, 2.05) is 0 Å². The molecular weight excluding hydrogens is 297 g/mol. The van der Waals surface area contributed by atoms with Gasteiger partial charge in [-0.2, -0.15) is 0 Å². The van der Waals surface area contributed by atoms with Crippen LogP contribution < -0.4 is 5.30 Å². The van der Waals surface area contributed by atoms with Crippen molar-refractivity contribution >= 4 is 13.2 Å². The van der Waals surface area contributed by atoms with Crippen molar-refractivity contribution in [2.75, 3.05) is 12.3 Å². The van der Waals surface area contributed by atoms with Gasteiger partial charge < -0.3 is 0 Å². The molecule has 0 aliphatic heterocycles. The normalized spacial score (nSPS) is 15.5. The van der Waals surface area contributed by atoms with Crippen molar-refractivity contribution in [1.29, 1.82) is 0 Å². The smallest absolute Gasteiger partial charge is 0.166 e. The van der Waals surface area contributed by atoms with E-state index in [1.54, 1.807) is 12.1 Å².